The predicted octanol–water partition coefficient (Wildman–Crippen LogP) is 0.521. The number of hydrogen-bond acceptors (Lipinski definition) is 7. The molecule has 0 spiro atoms. The first-order chi connectivity index (χ1) is 8.70. The lowest BCUT2D eigenvalue weighted by Gasteiger charge is -2.27. The maximum atomic E-state index is 10.9. The lowest BCUT2D eigenvalue weighted by molar-refractivity contribution is -0.384. The molecule has 2 rings (SSSR count). The van der Waals surface area contributed by atoms with E-state index in [1.807, 2.05) is 6.07 Å². The zero-order valence-electron chi connectivity index (χ0n) is 9.50. The number of nitrogens with zero attached hydrogens (tertiary/aromatic N) is 4. The number of pyridine rings is 1. The summed E-state index contributed by atoms with van der Waals surface area (Å²) < 4.78 is 5.17. The number of ether oxygens (including phenoxy) is 1. The highest BCUT2D eigenvalue weighted by Crippen LogP contribution is 2.23. The molecule has 1 saturated heterocycles. The van der Waals surface area contributed by atoms with E-state index in [1.165, 1.54) is 12.3 Å². The number of hydrogen-bond donors (Lipinski definition) is 1. The highest BCUT2D eigenvalue weighted by molar-refractivity contribution is 5.57. The smallest absolute Gasteiger partial charge is 0.314 e. The molecule has 18 heavy (non-hydrogen) atoms. The van der Waals surface area contributed by atoms with Crippen molar-refractivity contribution in [2.24, 2.45) is 0 Å². The summed E-state index contributed by atoms with van der Waals surface area (Å²) in [4.78, 5) is 14.3. The minimum Gasteiger partial charge on any atom is -0.379 e. The third kappa shape index (κ3) is 2.71. The van der Waals surface area contributed by atoms with Crippen LogP contribution in [0, 0.1) is 21.4 Å². The molecular weight excluding hydrogens is 238 g/mol. The fourth-order valence-corrected chi connectivity index (χ4v) is 1.56. The summed E-state index contributed by atoms with van der Waals surface area (Å²) in [6.07, 6.45) is 1.30. The normalized spacial score (nSPS) is 15.9. The standard InChI is InChI=1S/C10H11N5O3/c11-6-8-5-9(15(16)17)10(12-7-8)13-14-1-3-18-4-2-14/h5,7H,1-4H2,(H,12,13). The van der Waals surface area contributed by atoms with E-state index >= 15 is 0 Å². The average molecular weight is 249 g/mol. The summed E-state index contributed by atoms with van der Waals surface area (Å²) in [6.45, 7) is 2.38. The molecule has 0 amide bonds. The zero-order valence-corrected chi connectivity index (χ0v) is 9.50. The fraction of sp³-hybridized carbons (Fsp3) is 0.400. The van der Waals surface area contributed by atoms with E-state index in [2.05, 4.69) is 10.4 Å². The number of hydrazine groups is 1. The SMILES string of the molecule is N#Cc1cnc(NN2CCOCC2)c([N+](=O)[O-])c1. The van der Waals surface area contributed by atoms with Gasteiger partial charge in [-0.2, -0.15) is 5.26 Å². The van der Waals surface area contributed by atoms with E-state index in [-0.39, 0.29) is 17.1 Å². The molecule has 94 valence electrons. The van der Waals surface area contributed by atoms with Gasteiger partial charge in [0.25, 0.3) is 0 Å². The number of nitro groups is 1. The zero-order chi connectivity index (χ0) is 13.0. The van der Waals surface area contributed by atoms with Gasteiger partial charge in [0, 0.05) is 25.4 Å². The van der Waals surface area contributed by atoms with Crippen LogP contribution in [-0.4, -0.2) is 41.2 Å². The Kier molecular flexibility index (Phi) is 3.66. The van der Waals surface area contributed by atoms with Crippen LogP contribution in [0.3, 0.4) is 0 Å². The molecule has 0 unspecified atom stereocenters. The Bertz CT molecular complexity index is 493. The molecule has 1 N–H and O–H groups in total. The third-order valence-electron chi connectivity index (χ3n) is 2.47. The van der Waals surface area contributed by atoms with Crippen molar-refractivity contribution in [2.45, 2.75) is 0 Å². The number of nitrogens with one attached hydrogen (secondary N) is 1. The molecule has 2 heterocycles. The van der Waals surface area contributed by atoms with Crippen molar-refractivity contribution in [1.82, 2.24) is 9.99 Å². The van der Waals surface area contributed by atoms with E-state index in [9.17, 15) is 10.1 Å². The molecule has 1 aromatic heterocycles. The van der Waals surface area contributed by atoms with Crippen molar-refractivity contribution < 1.29 is 9.66 Å². The Labute approximate surface area is 103 Å². The van der Waals surface area contributed by atoms with Gasteiger partial charge in [-0.05, 0) is 0 Å². The molecule has 1 fully saturated rings. The number of nitriles is 1. The van der Waals surface area contributed by atoms with Crippen molar-refractivity contribution in [1.29, 1.82) is 5.26 Å². The Morgan fingerprint density at radius 1 is 1.56 bits per heavy atom. The van der Waals surface area contributed by atoms with Crippen molar-refractivity contribution >= 4 is 11.5 Å². The summed E-state index contributed by atoms with van der Waals surface area (Å²) in [7, 11) is 0. The lowest BCUT2D eigenvalue weighted by Crippen LogP contribution is -2.40. The summed E-state index contributed by atoms with van der Waals surface area (Å²) in [5.74, 6) is 0.140. The van der Waals surface area contributed by atoms with E-state index in [1.54, 1.807) is 5.01 Å². The molecule has 1 aromatic rings. The van der Waals surface area contributed by atoms with Crippen LogP contribution in [0.5, 0.6) is 0 Å². The fourth-order valence-electron chi connectivity index (χ4n) is 1.56. The first kappa shape index (κ1) is 12.2. The lowest BCUT2D eigenvalue weighted by atomic mass is 10.3. The van der Waals surface area contributed by atoms with Crippen LogP contribution in [0.15, 0.2) is 12.3 Å². The van der Waals surface area contributed by atoms with Crippen LogP contribution < -0.4 is 5.43 Å². The predicted molar refractivity (Wildman–Crippen MR) is 61.6 cm³/mol. The highest BCUT2D eigenvalue weighted by Gasteiger charge is 2.19. The maximum Gasteiger partial charge on any atom is 0.314 e. The van der Waals surface area contributed by atoms with Crippen molar-refractivity contribution in [2.75, 3.05) is 31.7 Å². The van der Waals surface area contributed by atoms with Crippen LogP contribution in [0.2, 0.25) is 0 Å². The third-order valence-corrected chi connectivity index (χ3v) is 2.47. The number of rotatable bonds is 3. The van der Waals surface area contributed by atoms with Gasteiger partial charge in [-0.1, -0.05) is 0 Å². The molecule has 1 aliphatic rings. The van der Waals surface area contributed by atoms with E-state index in [0.717, 1.165) is 0 Å². The van der Waals surface area contributed by atoms with E-state index in [4.69, 9.17) is 10.00 Å². The molecule has 0 atom stereocenters. The second kappa shape index (κ2) is 5.39. The minimum absolute atomic E-state index is 0.140. The summed E-state index contributed by atoms with van der Waals surface area (Å²) in [6, 6.07) is 3.03. The van der Waals surface area contributed by atoms with Crippen molar-refractivity contribution in [3.8, 4) is 6.07 Å². The van der Waals surface area contributed by atoms with Gasteiger partial charge in [-0.25, -0.2) is 9.99 Å². The molecule has 0 saturated carbocycles. The van der Waals surface area contributed by atoms with E-state index < -0.39 is 4.92 Å². The Morgan fingerprint density at radius 3 is 2.89 bits per heavy atom. The van der Waals surface area contributed by atoms with Crippen LogP contribution in [0.25, 0.3) is 0 Å². The van der Waals surface area contributed by atoms with Gasteiger partial charge < -0.3 is 4.74 Å². The van der Waals surface area contributed by atoms with Gasteiger partial charge in [-0.3, -0.25) is 15.5 Å². The quantitative estimate of drug-likeness (QED) is 0.615. The number of aromatic nitrogens is 1. The molecule has 0 radical (unpaired) electrons. The van der Waals surface area contributed by atoms with Crippen LogP contribution in [0.4, 0.5) is 11.5 Å². The molecular formula is C10H11N5O3. The minimum atomic E-state index is -0.559. The van der Waals surface area contributed by atoms with Gasteiger partial charge in [0.15, 0.2) is 0 Å². The summed E-state index contributed by atoms with van der Waals surface area (Å²) in [5.41, 5.74) is 2.83. The van der Waals surface area contributed by atoms with Crippen molar-refractivity contribution in [3.63, 3.8) is 0 Å². The Morgan fingerprint density at radius 2 is 2.28 bits per heavy atom. The second-order valence-electron chi connectivity index (χ2n) is 3.67. The molecule has 0 bridgehead atoms. The molecule has 8 nitrogen and oxygen atoms in total. The largest absolute Gasteiger partial charge is 0.379 e. The Balaban J connectivity index is 2.21. The van der Waals surface area contributed by atoms with Gasteiger partial charge in [-0.15, -0.1) is 0 Å². The van der Waals surface area contributed by atoms with Crippen LogP contribution in [-0.2, 0) is 4.74 Å². The molecule has 0 aromatic carbocycles. The maximum absolute atomic E-state index is 10.9. The first-order valence-corrected chi connectivity index (χ1v) is 5.34. The second-order valence-corrected chi connectivity index (χ2v) is 3.67. The topological polar surface area (TPSA) is 104 Å². The number of anilines is 1. The average Bonchev–Trinajstić information content (AvgIpc) is 2.40. The van der Waals surface area contributed by atoms with Gasteiger partial charge in [0.05, 0.1) is 23.7 Å². The molecule has 1 aliphatic heterocycles. The Hall–Kier alpha value is -2.24. The van der Waals surface area contributed by atoms with Gasteiger partial charge in [0.1, 0.15) is 6.07 Å². The molecule has 0 aliphatic carbocycles. The summed E-state index contributed by atoms with van der Waals surface area (Å²) >= 11 is 0. The first-order valence-electron chi connectivity index (χ1n) is 5.34. The van der Waals surface area contributed by atoms with Crippen molar-refractivity contribution in [3.05, 3.63) is 27.9 Å². The number of morpholine rings is 1. The summed E-state index contributed by atoms with van der Waals surface area (Å²) in [5, 5.41) is 21.4. The molecule has 8 heteroatoms. The van der Waals surface area contributed by atoms with E-state index in [0.29, 0.717) is 26.3 Å². The van der Waals surface area contributed by atoms with Gasteiger partial charge >= 0.3 is 5.69 Å². The monoisotopic (exact) mass is 249 g/mol. The van der Waals surface area contributed by atoms with Crippen LogP contribution >= 0.6 is 0 Å². The highest BCUT2D eigenvalue weighted by atomic mass is 16.6. The van der Waals surface area contributed by atoms with Gasteiger partial charge in [0.2, 0.25) is 5.82 Å². The van der Waals surface area contributed by atoms with Crippen LogP contribution in [0.1, 0.15) is 5.56 Å².